The summed E-state index contributed by atoms with van der Waals surface area (Å²) in [7, 11) is 0. The molecule has 0 radical (unpaired) electrons. The summed E-state index contributed by atoms with van der Waals surface area (Å²) < 4.78 is 5.50. The van der Waals surface area contributed by atoms with Crippen LogP contribution in [0, 0.1) is 0 Å². The van der Waals surface area contributed by atoms with Crippen LogP contribution in [0.3, 0.4) is 0 Å². The summed E-state index contributed by atoms with van der Waals surface area (Å²) in [5.74, 6) is 0.586. The lowest BCUT2D eigenvalue weighted by atomic mass is 10.1. The topological polar surface area (TPSA) is 93.5 Å². The van der Waals surface area contributed by atoms with Crippen LogP contribution in [-0.2, 0) is 4.79 Å². The number of carbonyl (C=O) groups is 2. The van der Waals surface area contributed by atoms with Gasteiger partial charge in [-0.2, -0.15) is 0 Å². The number of benzene rings is 1. The van der Waals surface area contributed by atoms with Crippen LogP contribution in [-0.4, -0.2) is 25.1 Å². The molecule has 2 rings (SSSR count). The number of nitrogens with one attached hydrogen (secondary N) is 2. The predicted octanol–water partition coefficient (Wildman–Crippen LogP) is 2.04. The zero-order valence-electron chi connectivity index (χ0n) is 12.5. The van der Waals surface area contributed by atoms with Gasteiger partial charge in [-0.1, -0.05) is 24.3 Å². The number of urea groups is 1. The van der Waals surface area contributed by atoms with E-state index in [2.05, 4.69) is 10.6 Å². The molecule has 0 aliphatic carbocycles. The lowest BCUT2D eigenvalue weighted by Gasteiger charge is -2.16. The third-order valence-corrected chi connectivity index (χ3v) is 4.01. The van der Waals surface area contributed by atoms with Crippen LogP contribution in [0.4, 0.5) is 4.79 Å². The summed E-state index contributed by atoms with van der Waals surface area (Å²) in [4.78, 5) is 23.9. The minimum atomic E-state index is -0.649. The van der Waals surface area contributed by atoms with Gasteiger partial charge in [0.05, 0.1) is 19.0 Å². The summed E-state index contributed by atoms with van der Waals surface area (Å²) in [5, 5.41) is 7.24. The van der Waals surface area contributed by atoms with Crippen molar-refractivity contribution in [2.45, 2.75) is 12.5 Å². The van der Waals surface area contributed by atoms with Gasteiger partial charge in [0, 0.05) is 4.88 Å². The molecule has 1 heterocycles. The predicted molar refractivity (Wildman–Crippen MR) is 89.3 cm³/mol. The summed E-state index contributed by atoms with van der Waals surface area (Å²) in [6.07, 6.45) is 0.134. The van der Waals surface area contributed by atoms with E-state index in [0.29, 0.717) is 13.2 Å². The second kappa shape index (κ2) is 8.79. The highest BCUT2D eigenvalue weighted by atomic mass is 32.1. The van der Waals surface area contributed by atoms with E-state index in [0.717, 1.165) is 10.6 Å². The van der Waals surface area contributed by atoms with Crippen LogP contribution in [0.5, 0.6) is 5.75 Å². The lowest BCUT2D eigenvalue weighted by molar-refractivity contribution is -0.121. The third-order valence-electron chi connectivity index (χ3n) is 3.03. The summed E-state index contributed by atoms with van der Waals surface area (Å²) in [6.45, 7) is 0.768. The molecule has 3 amide bonds. The fraction of sp³-hybridized carbons (Fsp3) is 0.250. The minimum Gasteiger partial charge on any atom is -0.492 e. The van der Waals surface area contributed by atoms with Gasteiger partial charge in [-0.05, 0) is 23.6 Å². The highest BCUT2D eigenvalue weighted by Gasteiger charge is 2.18. The molecule has 23 heavy (non-hydrogen) atoms. The number of thiophene rings is 1. The molecule has 0 fully saturated rings. The van der Waals surface area contributed by atoms with Gasteiger partial charge in [-0.3, -0.25) is 4.79 Å². The second-order valence-electron chi connectivity index (χ2n) is 4.79. The molecule has 0 aliphatic rings. The van der Waals surface area contributed by atoms with Crippen LogP contribution < -0.4 is 21.1 Å². The molecule has 4 N–H and O–H groups in total. The SMILES string of the molecule is NC(=O)NC(CC(=O)NCCOc1ccccc1)c1cccs1. The number of carbonyl (C=O) groups excluding carboxylic acids is 2. The van der Waals surface area contributed by atoms with E-state index in [-0.39, 0.29) is 12.3 Å². The zero-order chi connectivity index (χ0) is 16.5. The Morgan fingerprint density at radius 1 is 1.17 bits per heavy atom. The van der Waals surface area contributed by atoms with E-state index in [4.69, 9.17) is 10.5 Å². The van der Waals surface area contributed by atoms with Gasteiger partial charge in [-0.25, -0.2) is 4.79 Å². The van der Waals surface area contributed by atoms with Crippen molar-refractivity contribution in [2.75, 3.05) is 13.2 Å². The number of ether oxygens (including phenoxy) is 1. The Balaban J connectivity index is 1.74. The Morgan fingerprint density at radius 3 is 2.61 bits per heavy atom. The molecule has 0 saturated carbocycles. The molecule has 0 spiro atoms. The monoisotopic (exact) mass is 333 g/mol. The van der Waals surface area contributed by atoms with Crippen molar-refractivity contribution in [3.8, 4) is 5.75 Å². The molecule has 7 heteroatoms. The van der Waals surface area contributed by atoms with Crippen molar-refractivity contribution < 1.29 is 14.3 Å². The fourth-order valence-electron chi connectivity index (χ4n) is 2.02. The summed E-state index contributed by atoms with van der Waals surface area (Å²) in [6, 6.07) is 12.0. The molecule has 2 aromatic rings. The first-order chi connectivity index (χ1) is 11.1. The maximum Gasteiger partial charge on any atom is 0.312 e. The first-order valence-electron chi connectivity index (χ1n) is 7.19. The van der Waals surface area contributed by atoms with E-state index < -0.39 is 12.1 Å². The Labute approximate surface area is 138 Å². The van der Waals surface area contributed by atoms with E-state index in [1.165, 1.54) is 11.3 Å². The number of nitrogens with two attached hydrogens (primary N) is 1. The standard InChI is InChI=1S/C16H19N3O3S/c17-16(21)19-13(14-7-4-10-23-14)11-15(20)18-8-9-22-12-5-2-1-3-6-12/h1-7,10,13H,8-9,11H2,(H,18,20)(H3,17,19,21). The van der Waals surface area contributed by atoms with Crippen molar-refractivity contribution in [2.24, 2.45) is 5.73 Å². The summed E-state index contributed by atoms with van der Waals surface area (Å²) in [5.41, 5.74) is 5.16. The first kappa shape index (κ1) is 16.8. The van der Waals surface area contributed by atoms with E-state index >= 15 is 0 Å². The smallest absolute Gasteiger partial charge is 0.312 e. The molecular weight excluding hydrogens is 314 g/mol. The van der Waals surface area contributed by atoms with Crippen molar-refractivity contribution >= 4 is 23.3 Å². The molecule has 1 atom stereocenters. The van der Waals surface area contributed by atoms with Gasteiger partial charge in [-0.15, -0.1) is 11.3 Å². The molecule has 1 unspecified atom stereocenters. The fourth-order valence-corrected chi connectivity index (χ4v) is 2.80. The van der Waals surface area contributed by atoms with Gasteiger partial charge >= 0.3 is 6.03 Å². The van der Waals surface area contributed by atoms with Crippen LogP contribution >= 0.6 is 11.3 Å². The van der Waals surface area contributed by atoms with Crippen LogP contribution in [0.15, 0.2) is 47.8 Å². The van der Waals surface area contributed by atoms with Crippen LogP contribution in [0.1, 0.15) is 17.3 Å². The normalized spacial score (nSPS) is 11.5. The van der Waals surface area contributed by atoms with Crippen molar-refractivity contribution in [1.82, 2.24) is 10.6 Å². The van der Waals surface area contributed by atoms with E-state index in [1.54, 1.807) is 0 Å². The Hall–Kier alpha value is -2.54. The molecule has 0 saturated heterocycles. The average molecular weight is 333 g/mol. The average Bonchev–Trinajstić information content (AvgIpc) is 3.06. The first-order valence-corrected chi connectivity index (χ1v) is 8.07. The number of hydrogen-bond donors (Lipinski definition) is 3. The molecule has 1 aromatic carbocycles. The van der Waals surface area contributed by atoms with Crippen LogP contribution in [0.25, 0.3) is 0 Å². The maximum absolute atomic E-state index is 12.0. The quantitative estimate of drug-likeness (QED) is 0.645. The largest absolute Gasteiger partial charge is 0.492 e. The molecule has 1 aromatic heterocycles. The van der Waals surface area contributed by atoms with Crippen molar-refractivity contribution in [3.63, 3.8) is 0 Å². The molecule has 0 bridgehead atoms. The number of amides is 3. The second-order valence-corrected chi connectivity index (χ2v) is 5.77. The van der Waals surface area contributed by atoms with E-state index in [1.807, 2.05) is 47.8 Å². The lowest BCUT2D eigenvalue weighted by Crippen LogP contribution is -2.37. The third kappa shape index (κ3) is 5.99. The number of para-hydroxylation sites is 1. The Kier molecular flexibility index (Phi) is 6.43. The van der Waals surface area contributed by atoms with Gasteiger partial charge in [0.2, 0.25) is 5.91 Å². The summed E-state index contributed by atoms with van der Waals surface area (Å²) >= 11 is 1.47. The number of rotatable bonds is 8. The van der Waals surface area contributed by atoms with Gasteiger partial charge < -0.3 is 21.1 Å². The van der Waals surface area contributed by atoms with Gasteiger partial charge in [0.25, 0.3) is 0 Å². The van der Waals surface area contributed by atoms with Crippen molar-refractivity contribution in [1.29, 1.82) is 0 Å². The minimum absolute atomic E-state index is 0.134. The van der Waals surface area contributed by atoms with Crippen molar-refractivity contribution in [3.05, 3.63) is 52.7 Å². The molecule has 0 aliphatic heterocycles. The highest BCUT2D eigenvalue weighted by Crippen LogP contribution is 2.21. The Morgan fingerprint density at radius 2 is 1.96 bits per heavy atom. The van der Waals surface area contributed by atoms with Gasteiger partial charge in [0.15, 0.2) is 0 Å². The number of primary amides is 1. The molecular formula is C16H19N3O3S. The zero-order valence-corrected chi connectivity index (χ0v) is 13.3. The van der Waals surface area contributed by atoms with Crippen LogP contribution in [0.2, 0.25) is 0 Å². The molecule has 6 nitrogen and oxygen atoms in total. The van der Waals surface area contributed by atoms with E-state index in [9.17, 15) is 9.59 Å². The highest BCUT2D eigenvalue weighted by molar-refractivity contribution is 7.10. The van der Waals surface area contributed by atoms with Gasteiger partial charge in [0.1, 0.15) is 12.4 Å². The maximum atomic E-state index is 12.0. The molecule has 122 valence electrons. The Bertz CT molecular complexity index is 617. The number of hydrogen-bond acceptors (Lipinski definition) is 4.